The minimum absolute atomic E-state index is 0.00372. The number of ether oxygens (including phenoxy) is 1. The van der Waals surface area contributed by atoms with E-state index in [0.29, 0.717) is 0 Å². The highest BCUT2D eigenvalue weighted by atomic mass is 16.5. The van der Waals surface area contributed by atoms with Crippen LogP contribution >= 0.6 is 0 Å². The Kier molecular flexibility index (Phi) is 7.14. The molecule has 4 heteroatoms. The average molecular weight is 499 g/mol. The van der Waals surface area contributed by atoms with Crippen molar-refractivity contribution in [2.45, 2.75) is 11.5 Å². The van der Waals surface area contributed by atoms with Crippen LogP contribution in [0.25, 0.3) is 0 Å². The molecule has 5 aromatic carbocycles. The van der Waals surface area contributed by atoms with Gasteiger partial charge in [0.25, 0.3) is 0 Å². The molecule has 0 spiro atoms. The lowest BCUT2D eigenvalue weighted by Gasteiger charge is -2.42. The molecule has 5 rings (SSSR count). The molecule has 0 saturated heterocycles. The van der Waals surface area contributed by atoms with E-state index in [4.69, 9.17) is 4.74 Å². The van der Waals surface area contributed by atoms with Gasteiger partial charge in [0, 0.05) is 0 Å². The maximum absolute atomic E-state index is 13.8. The van der Waals surface area contributed by atoms with Gasteiger partial charge in [0.1, 0.15) is 6.10 Å². The second-order valence-electron chi connectivity index (χ2n) is 8.95. The van der Waals surface area contributed by atoms with Crippen LogP contribution in [0.3, 0.4) is 0 Å². The van der Waals surface area contributed by atoms with Gasteiger partial charge in [-0.05, 0) is 34.4 Å². The quantitative estimate of drug-likeness (QED) is 0.180. The van der Waals surface area contributed by atoms with Crippen LogP contribution in [-0.4, -0.2) is 17.0 Å². The Balaban J connectivity index is 1.81. The fourth-order valence-corrected chi connectivity index (χ4v) is 5.11. The topological polar surface area (TPSA) is 63.6 Å². The van der Waals surface area contributed by atoms with E-state index in [1.165, 1.54) is 12.1 Å². The van der Waals surface area contributed by atoms with E-state index in [1.807, 2.05) is 121 Å². The molecule has 186 valence electrons. The van der Waals surface area contributed by atoms with Crippen molar-refractivity contribution in [1.82, 2.24) is 0 Å². The van der Waals surface area contributed by atoms with Crippen molar-refractivity contribution in [3.8, 4) is 0 Å². The number of carboxylic acids is 1. The third kappa shape index (κ3) is 4.60. The Morgan fingerprint density at radius 3 is 1.32 bits per heavy atom. The van der Waals surface area contributed by atoms with Crippen LogP contribution in [0.5, 0.6) is 0 Å². The zero-order valence-electron chi connectivity index (χ0n) is 20.6. The van der Waals surface area contributed by atoms with Gasteiger partial charge in [-0.25, -0.2) is 9.59 Å². The monoisotopic (exact) mass is 498 g/mol. The van der Waals surface area contributed by atoms with Crippen LogP contribution in [-0.2, 0) is 10.2 Å². The minimum atomic E-state index is -1.19. The van der Waals surface area contributed by atoms with E-state index in [9.17, 15) is 14.7 Å². The summed E-state index contributed by atoms with van der Waals surface area (Å²) in [6.07, 6.45) is -0.828. The molecule has 5 aromatic rings. The van der Waals surface area contributed by atoms with Gasteiger partial charge in [-0.15, -0.1) is 0 Å². The van der Waals surface area contributed by atoms with Crippen LogP contribution in [0.4, 0.5) is 0 Å². The number of carboxylic acid groups (broad SMARTS) is 1. The van der Waals surface area contributed by atoms with Gasteiger partial charge in [-0.3, -0.25) is 0 Å². The number of rotatable bonds is 8. The predicted molar refractivity (Wildman–Crippen MR) is 147 cm³/mol. The molecule has 0 amide bonds. The molecule has 0 aromatic heterocycles. The van der Waals surface area contributed by atoms with Crippen LogP contribution in [0.15, 0.2) is 146 Å². The number of carbonyl (C=O) groups is 2. The smallest absolute Gasteiger partial charge is 0.339 e. The lowest BCUT2D eigenvalue weighted by molar-refractivity contribution is 0.0162. The zero-order valence-corrected chi connectivity index (χ0v) is 20.6. The fourth-order valence-electron chi connectivity index (χ4n) is 5.11. The Labute approximate surface area is 221 Å². The molecule has 38 heavy (non-hydrogen) atoms. The second kappa shape index (κ2) is 11.0. The fraction of sp³-hybridized carbons (Fsp3) is 0.0588. The molecule has 0 fully saturated rings. The molecule has 0 aliphatic rings. The summed E-state index contributed by atoms with van der Waals surface area (Å²) in [6.45, 7) is 0. The summed E-state index contributed by atoms with van der Waals surface area (Å²) in [5.74, 6) is -1.89. The van der Waals surface area contributed by atoms with E-state index in [1.54, 1.807) is 12.1 Å². The van der Waals surface area contributed by atoms with Crippen LogP contribution in [0.1, 0.15) is 49.1 Å². The lowest BCUT2D eigenvalue weighted by Crippen LogP contribution is -2.39. The van der Waals surface area contributed by atoms with Crippen molar-refractivity contribution < 1.29 is 19.4 Å². The summed E-state index contributed by atoms with van der Waals surface area (Å²) < 4.78 is 6.44. The van der Waals surface area contributed by atoms with Gasteiger partial charge in [0.2, 0.25) is 0 Å². The average Bonchev–Trinajstić information content (AvgIpc) is 2.99. The molecule has 0 bridgehead atoms. The number of aromatic carboxylic acids is 1. The summed E-state index contributed by atoms with van der Waals surface area (Å²) in [5.41, 5.74) is 2.55. The molecule has 4 nitrogen and oxygen atoms in total. The highest BCUT2D eigenvalue weighted by molar-refractivity contribution is 6.02. The first-order valence-corrected chi connectivity index (χ1v) is 12.4. The van der Waals surface area contributed by atoms with Crippen LogP contribution < -0.4 is 0 Å². The Morgan fingerprint density at radius 2 is 0.895 bits per heavy atom. The van der Waals surface area contributed by atoms with E-state index < -0.39 is 23.5 Å². The normalized spacial score (nSPS) is 11.9. The number of carbonyl (C=O) groups excluding carboxylic acids is 1. The first-order chi connectivity index (χ1) is 18.6. The summed E-state index contributed by atoms with van der Waals surface area (Å²) in [6, 6.07) is 45.7. The molecule has 0 radical (unpaired) electrons. The molecule has 1 N–H and O–H groups in total. The van der Waals surface area contributed by atoms with Gasteiger partial charge in [0.15, 0.2) is 0 Å². The SMILES string of the molecule is O=C(O)c1ccccc1C(=O)O[C@H](c1ccccc1)C(c1ccccc1)(c1ccccc1)c1ccccc1. The van der Waals surface area contributed by atoms with Crippen molar-refractivity contribution in [3.63, 3.8) is 0 Å². The van der Waals surface area contributed by atoms with Crippen LogP contribution in [0.2, 0.25) is 0 Å². The molecule has 0 saturated carbocycles. The van der Waals surface area contributed by atoms with E-state index >= 15 is 0 Å². The molecule has 1 atom stereocenters. The number of hydrogen-bond acceptors (Lipinski definition) is 3. The summed E-state index contributed by atoms with van der Waals surface area (Å²) in [7, 11) is 0. The molecule has 0 heterocycles. The maximum atomic E-state index is 13.8. The summed E-state index contributed by atoms with van der Waals surface area (Å²) >= 11 is 0. The van der Waals surface area contributed by atoms with Gasteiger partial charge < -0.3 is 9.84 Å². The third-order valence-electron chi connectivity index (χ3n) is 6.79. The van der Waals surface area contributed by atoms with Gasteiger partial charge >= 0.3 is 11.9 Å². The van der Waals surface area contributed by atoms with E-state index in [2.05, 4.69) is 0 Å². The van der Waals surface area contributed by atoms with Crippen molar-refractivity contribution in [3.05, 3.63) is 179 Å². The Hall–Kier alpha value is -4.96. The largest absolute Gasteiger partial charge is 0.478 e. The zero-order chi connectivity index (χ0) is 26.4. The number of esters is 1. The third-order valence-corrected chi connectivity index (χ3v) is 6.79. The van der Waals surface area contributed by atoms with Crippen molar-refractivity contribution in [2.24, 2.45) is 0 Å². The molecule has 0 aliphatic carbocycles. The first-order valence-electron chi connectivity index (χ1n) is 12.4. The van der Waals surface area contributed by atoms with E-state index in [0.717, 1.165) is 22.3 Å². The molecule has 0 unspecified atom stereocenters. The number of benzene rings is 5. The van der Waals surface area contributed by atoms with E-state index in [-0.39, 0.29) is 11.1 Å². The van der Waals surface area contributed by atoms with Crippen molar-refractivity contribution in [1.29, 1.82) is 0 Å². The minimum Gasteiger partial charge on any atom is -0.478 e. The van der Waals surface area contributed by atoms with Crippen molar-refractivity contribution >= 4 is 11.9 Å². The van der Waals surface area contributed by atoms with Gasteiger partial charge in [0.05, 0.1) is 16.5 Å². The lowest BCUT2D eigenvalue weighted by atomic mass is 9.64. The first kappa shape index (κ1) is 24.7. The second-order valence-corrected chi connectivity index (χ2v) is 8.95. The van der Waals surface area contributed by atoms with Crippen molar-refractivity contribution in [2.75, 3.05) is 0 Å². The highest BCUT2D eigenvalue weighted by Crippen LogP contribution is 2.50. The van der Waals surface area contributed by atoms with Gasteiger partial charge in [-0.2, -0.15) is 0 Å². The maximum Gasteiger partial charge on any atom is 0.339 e. The summed E-state index contributed by atoms with van der Waals surface area (Å²) in [5, 5.41) is 9.75. The predicted octanol–water partition coefficient (Wildman–Crippen LogP) is 7.32. The summed E-state index contributed by atoms with van der Waals surface area (Å²) in [4.78, 5) is 25.7. The molecule has 0 aliphatic heterocycles. The van der Waals surface area contributed by atoms with Crippen LogP contribution in [0, 0.1) is 0 Å². The Morgan fingerprint density at radius 1 is 0.526 bits per heavy atom. The molecular formula is C34H26O4. The Bertz CT molecular complexity index is 1420. The molecular weight excluding hydrogens is 472 g/mol. The standard InChI is InChI=1S/C34H26O4/c35-32(36)29-23-13-14-24-30(29)33(37)38-31(25-15-5-1-6-16-25)34(26-17-7-2-8-18-26,27-19-9-3-10-20-27)28-21-11-4-12-22-28/h1-24,31H,(H,35,36)/t31-/m1/s1. The highest BCUT2D eigenvalue weighted by Gasteiger charge is 2.47. The number of hydrogen-bond donors (Lipinski definition) is 1. The van der Waals surface area contributed by atoms with Gasteiger partial charge in [-0.1, -0.05) is 133 Å².